The van der Waals surface area contributed by atoms with Crippen LogP contribution in [-0.2, 0) is 21.1 Å². The molecule has 1 aromatic heterocycles. The maximum atomic E-state index is 12.2. The van der Waals surface area contributed by atoms with E-state index < -0.39 is 15.4 Å². The van der Waals surface area contributed by atoms with Crippen LogP contribution in [0.4, 0.5) is 0 Å². The first kappa shape index (κ1) is 19.0. The normalized spacial score (nSPS) is 21.6. The van der Waals surface area contributed by atoms with Gasteiger partial charge < -0.3 is 10.3 Å². The number of nitrogens with zero attached hydrogens (tertiary/aromatic N) is 1. The molecule has 0 bridgehead atoms. The SMILES string of the molecule is Cc1[nH]c(SCC(=O)N[C@@]2(C)CCS(=O)(=O)C2)nc1Cc1ccccc1. The summed E-state index contributed by atoms with van der Waals surface area (Å²) in [5, 5.41) is 3.56. The zero-order chi connectivity index (χ0) is 18.8. The third-order valence-electron chi connectivity index (χ3n) is 4.46. The molecule has 1 saturated heterocycles. The van der Waals surface area contributed by atoms with Gasteiger partial charge in [-0.05, 0) is 25.8 Å². The van der Waals surface area contributed by atoms with Crippen molar-refractivity contribution < 1.29 is 13.2 Å². The number of aromatic amines is 1. The number of benzene rings is 1. The number of imidazole rings is 1. The summed E-state index contributed by atoms with van der Waals surface area (Å²) >= 11 is 1.33. The molecule has 1 aliphatic rings. The summed E-state index contributed by atoms with van der Waals surface area (Å²) in [5.41, 5.74) is 2.49. The maximum absolute atomic E-state index is 12.2. The van der Waals surface area contributed by atoms with E-state index in [4.69, 9.17) is 0 Å². The van der Waals surface area contributed by atoms with Gasteiger partial charge in [0.2, 0.25) is 5.91 Å². The standard InChI is InChI=1S/C18H23N3O3S2/c1-13-15(10-14-6-4-3-5-7-14)20-17(19-13)25-11-16(22)21-18(2)8-9-26(23,24)12-18/h3-7H,8-12H2,1-2H3,(H,19,20)(H,21,22)/t18-/m0/s1. The monoisotopic (exact) mass is 393 g/mol. The summed E-state index contributed by atoms with van der Waals surface area (Å²) in [6.45, 7) is 3.76. The molecule has 0 radical (unpaired) electrons. The van der Waals surface area contributed by atoms with Crippen LogP contribution in [0.2, 0.25) is 0 Å². The minimum absolute atomic E-state index is 0.0114. The van der Waals surface area contributed by atoms with Gasteiger partial charge in [0.15, 0.2) is 15.0 Å². The van der Waals surface area contributed by atoms with Crippen molar-refractivity contribution in [2.24, 2.45) is 0 Å². The summed E-state index contributed by atoms with van der Waals surface area (Å²) in [5.74, 6) is 0.176. The fourth-order valence-electron chi connectivity index (χ4n) is 3.11. The topological polar surface area (TPSA) is 91.9 Å². The van der Waals surface area contributed by atoms with Gasteiger partial charge in [0.1, 0.15) is 0 Å². The number of thioether (sulfide) groups is 1. The lowest BCUT2D eigenvalue weighted by Gasteiger charge is -2.23. The first-order valence-electron chi connectivity index (χ1n) is 8.48. The smallest absolute Gasteiger partial charge is 0.230 e. The van der Waals surface area contributed by atoms with Gasteiger partial charge >= 0.3 is 0 Å². The molecule has 1 amide bonds. The predicted molar refractivity (Wildman–Crippen MR) is 103 cm³/mol. The average Bonchev–Trinajstić information content (AvgIpc) is 3.05. The fraction of sp³-hybridized carbons (Fsp3) is 0.444. The summed E-state index contributed by atoms with van der Waals surface area (Å²) in [6.07, 6.45) is 1.21. The van der Waals surface area contributed by atoms with E-state index in [2.05, 4.69) is 27.4 Å². The Morgan fingerprint density at radius 2 is 2.08 bits per heavy atom. The molecule has 1 aliphatic heterocycles. The van der Waals surface area contributed by atoms with Gasteiger partial charge in [-0.1, -0.05) is 42.1 Å². The van der Waals surface area contributed by atoms with E-state index in [0.717, 1.165) is 17.8 Å². The highest BCUT2D eigenvalue weighted by Crippen LogP contribution is 2.24. The first-order valence-corrected chi connectivity index (χ1v) is 11.3. The Balaban J connectivity index is 1.55. The lowest BCUT2D eigenvalue weighted by atomic mass is 10.0. The number of aryl methyl sites for hydroxylation is 1. The van der Waals surface area contributed by atoms with E-state index in [9.17, 15) is 13.2 Å². The number of hydrogen-bond acceptors (Lipinski definition) is 5. The van der Waals surface area contributed by atoms with Crippen LogP contribution in [0.1, 0.15) is 30.3 Å². The molecule has 0 unspecified atom stereocenters. The second kappa shape index (κ2) is 7.44. The first-order chi connectivity index (χ1) is 12.2. The van der Waals surface area contributed by atoms with Gasteiger partial charge in [-0.25, -0.2) is 13.4 Å². The number of amides is 1. The Morgan fingerprint density at radius 3 is 2.73 bits per heavy atom. The van der Waals surface area contributed by atoms with Gasteiger partial charge in [-0.2, -0.15) is 0 Å². The molecule has 2 N–H and O–H groups in total. The van der Waals surface area contributed by atoms with Crippen molar-refractivity contribution in [2.45, 2.75) is 37.4 Å². The Bertz CT molecular complexity index is 894. The van der Waals surface area contributed by atoms with Crippen LogP contribution in [0.25, 0.3) is 0 Å². The number of sulfone groups is 1. The third-order valence-corrected chi connectivity index (χ3v) is 7.24. The molecule has 0 saturated carbocycles. The Morgan fingerprint density at radius 1 is 1.35 bits per heavy atom. The zero-order valence-electron chi connectivity index (χ0n) is 14.9. The molecule has 6 nitrogen and oxygen atoms in total. The van der Waals surface area contributed by atoms with E-state index in [1.54, 1.807) is 6.92 Å². The van der Waals surface area contributed by atoms with E-state index in [-0.39, 0.29) is 23.2 Å². The predicted octanol–water partition coefficient (Wildman–Crippen LogP) is 2.09. The van der Waals surface area contributed by atoms with Crippen LogP contribution in [-0.4, -0.2) is 47.1 Å². The number of nitrogens with one attached hydrogen (secondary N) is 2. The van der Waals surface area contributed by atoms with Crippen LogP contribution in [0, 0.1) is 6.92 Å². The molecule has 2 aromatic rings. The quantitative estimate of drug-likeness (QED) is 0.733. The highest BCUT2D eigenvalue weighted by Gasteiger charge is 2.39. The van der Waals surface area contributed by atoms with Gasteiger partial charge in [0, 0.05) is 12.1 Å². The zero-order valence-corrected chi connectivity index (χ0v) is 16.5. The summed E-state index contributed by atoms with van der Waals surface area (Å²) in [6, 6.07) is 10.1. The van der Waals surface area contributed by atoms with E-state index >= 15 is 0 Å². The second-order valence-electron chi connectivity index (χ2n) is 7.02. The minimum Gasteiger partial charge on any atom is -0.349 e. The summed E-state index contributed by atoms with van der Waals surface area (Å²) in [7, 11) is -3.04. The molecule has 1 atom stereocenters. The van der Waals surface area contributed by atoms with Crippen LogP contribution in [0.15, 0.2) is 35.5 Å². The number of carbonyl (C=O) groups excluding carboxylic acids is 1. The largest absolute Gasteiger partial charge is 0.349 e. The Hall–Kier alpha value is -1.80. The maximum Gasteiger partial charge on any atom is 0.230 e. The number of rotatable bonds is 6. The molecule has 3 rings (SSSR count). The molecular formula is C18H23N3O3S2. The molecule has 1 aromatic carbocycles. The Kier molecular flexibility index (Phi) is 5.43. The second-order valence-corrected chi connectivity index (χ2v) is 10.2. The highest BCUT2D eigenvalue weighted by atomic mass is 32.2. The van der Waals surface area contributed by atoms with E-state index in [1.807, 2.05) is 25.1 Å². The lowest BCUT2D eigenvalue weighted by Crippen LogP contribution is -2.47. The average molecular weight is 394 g/mol. The van der Waals surface area contributed by atoms with Gasteiger partial charge in [-0.3, -0.25) is 4.79 Å². The number of hydrogen-bond donors (Lipinski definition) is 2. The molecule has 0 aliphatic carbocycles. The minimum atomic E-state index is -3.04. The van der Waals surface area contributed by atoms with Crippen molar-refractivity contribution in [3.8, 4) is 0 Å². The summed E-state index contributed by atoms with van der Waals surface area (Å²) in [4.78, 5) is 20.0. The van der Waals surface area contributed by atoms with E-state index in [1.165, 1.54) is 17.3 Å². The van der Waals surface area contributed by atoms with Crippen LogP contribution >= 0.6 is 11.8 Å². The fourth-order valence-corrected chi connectivity index (χ4v) is 5.95. The number of H-pyrrole nitrogens is 1. The lowest BCUT2D eigenvalue weighted by molar-refractivity contribution is -0.120. The number of aromatic nitrogens is 2. The third kappa shape index (κ3) is 4.88. The van der Waals surface area contributed by atoms with Crippen molar-refractivity contribution in [3.63, 3.8) is 0 Å². The highest BCUT2D eigenvalue weighted by molar-refractivity contribution is 7.99. The van der Waals surface area contributed by atoms with Gasteiger partial charge in [-0.15, -0.1) is 0 Å². The van der Waals surface area contributed by atoms with Crippen molar-refractivity contribution in [3.05, 3.63) is 47.3 Å². The summed E-state index contributed by atoms with van der Waals surface area (Å²) < 4.78 is 23.3. The van der Waals surface area contributed by atoms with Crippen LogP contribution < -0.4 is 5.32 Å². The molecule has 140 valence electrons. The van der Waals surface area contributed by atoms with Crippen molar-refractivity contribution in [1.82, 2.24) is 15.3 Å². The molecular weight excluding hydrogens is 370 g/mol. The van der Waals surface area contributed by atoms with Crippen molar-refractivity contribution >= 4 is 27.5 Å². The molecule has 0 spiro atoms. The van der Waals surface area contributed by atoms with Crippen molar-refractivity contribution in [2.75, 3.05) is 17.3 Å². The van der Waals surface area contributed by atoms with Gasteiger partial charge in [0.25, 0.3) is 0 Å². The van der Waals surface area contributed by atoms with Crippen LogP contribution in [0.5, 0.6) is 0 Å². The Labute approximate surface area is 158 Å². The molecule has 2 heterocycles. The van der Waals surface area contributed by atoms with Gasteiger partial charge in [0.05, 0.1) is 28.5 Å². The molecule has 26 heavy (non-hydrogen) atoms. The number of carbonyl (C=O) groups is 1. The molecule has 1 fully saturated rings. The van der Waals surface area contributed by atoms with Crippen LogP contribution in [0.3, 0.4) is 0 Å². The molecule has 8 heteroatoms. The van der Waals surface area contributed by atoms with Crippen molar-refractivity contribution in [1.29, 1.82) is 0 Å². The van der Waals surface area contributed by atoms with E-state index in [0.29, 0.717) is 11.6 Å².